The van der Waals surface area contributed by atoms with Crippen LogP contribution in [-0.2, 0) is 6.54 Å². The molecule has 1 atom stereocenters. The molecule has 1 unspecified atom stereocenters. The molecule has 2 aromatic rings. The fraction of sp³-hybridized carbons (Fsp3) is 0.368. The summed E-state index contributed by atoms with van der Waals surface area (Å²) in [6, 6.07) is 17.1. The second-order valence-corrected chi connectivity index (χ2v) is 6.03. The molecule has 3 rings (SSSR count). The zero-order valence-corrected chi connectivity index (χ0v) is 13.6. The Bertz CT molecular complexity index is 622. The zero-order chi connectivity index (χ0) is 15.5. The number of fused-ring (bicyclic) bond motifs is 1. The predicted octanol–water partition coefficient (Wildman–Crippen LogP) is 3.71. The maximum absolute atomic E-state index is 6.32. The lowest BCUT2D eigenvalue weighted by atomic mass is 10.1. The Morgan fingerprint density at radius 1 is 1.09 bits per heavy atom. The van der Waals surface area contributed by atoms with Crippen LogP contribution in [0.15, 0.2) is 48.5 Å². The molecule has 3 nitrogen and oxygen atoms in total. The van der Waals surface area contributed by atoms with Gasteiger partial charge < -0.3 is 9.64 Å². The number of hydrogen-bond acceptors (Lipinski definition) is 3. The monoisotopic (exact) mass is 296 g/mol. The van der Waals surface area contributed by atoms with E-state index in [1.165, 1.54) is 16.8 Å². The van der Waals surface area contributed by atoms with Gasteiger partial charge in [-0.2, -0.15) is 0 Å². The van der Waals surface area contributed by atoms with Crippen molar-refractivity contribution in [3.05, 3.63) is 59.7 Å². The molecule has 0 fully saturated rings. The second-order valence-electron chi connectivity index (χ2n) is 6.03. The Hall–Kier alpha value is -2.00. The van der Waals surface area contributed by atoms with Crippen molar-refractivity contribution >= 4 is 5.69 Å². The van der Waals surface area contributed by atoms with Crippen LogP contribution >= 0.6 is 0 Å². The van der Waals surface area contributed by atoms with Gasteiger partial charge in [0.1, 0.15) is 11.9 Å². The molecule has 0 aliphatic carbocycles. The number of likely N-dealkylation sites (N-methyl/N-ethyl adjacent to an activating group) is 1. The zero-order valence-electron chi connectivity index (χ0n) is 13.6. The molecule has 0 aromatic heterocycles. The molecule has 1 aliphatic rings. The largest absolute Gasteiger partial charge is 0.484 e. The van der Waals surface area contributed by atoms with Gasteiger partial charge in [-0.05, 0) is 30.3 Å². The average Bonchev–Trinajstić information content (AvgIpc) is 2.74. The van der Waals surface area contributed by atoms with E-state index in [9.17, 15) is 0 Å². The average molecular weight is 296 g/mol. The van der Waals surface area contributed by atoms with Gasteiger partial charge in [-0.1, -0.05) is 37.3 Å². The summed E-state index contributed by atoms with van der Waals surface area (Å²) in [5.74, 6) is 1.01. The molecular weight excluding hydrogens is 272 g/mol. The summed E-state index contributed by atoms with van der Waals surface area (Å²) < 4.78 is 6.32. The summed E-state index contributed by atoms with van der Waals surface area (Å²) in [5.41, 5.74) is 3.72. The number of anilines is 1. The van der Waals surface area contributed by atoms with E-state index < -0.39 is 0 Å². The minimum absolute atomic E-state index is 0.0832. The van der Waals surface area contributed by atoms with Crippen LogP contribution in [0.5, 0.6) is 5.75 Å². The molecule has 0 bridgehead atoms. The first-order valence-corrected chi connectivity index (χ1v) is 7.91. The summed E-state index contributed by atoms with van der Waals surface area (Å²) in [6.45, 7) is 5.12. The molecule has 0 spiro atoms. The molecule has 116 valence electrons. The molecule has 2 aromatic carbocycles. The van der Waals surface area contributed by atoms with Crippen molar-refractivity contribution in [3.63, 3.8) is 0 Å². The minimum Gasteiger partial charge on any atom is -0.484 e. The number of nitrogens with zero attached hydrogens (tertiary/aromatic N) is 2. The number of ether oxygens (including phenoxy) is 1. The van der Waals surface area contributed by atoms with Crippen LogP contribution in [0.1, 0.15) is 24.2 Å². The van der Waals surface area contributed by atoms with Gasteiger partial charge in [0.15, 0.2) is 0 Å². The van der Waals surface area contributed by atoms with E-state index >= 15 is 0 Å². The van der Waals surface area contributed by atoms with E-state index in [-0.39, 0.29) is 6.10 Å². The Labute approximate surface area is 133 Å². The van der Waals surface area contributed by atoms with Crippen molar-refractivity contribution in [2.45, 2.75) is 19.6 Å². The summed E-state index contributed by atoms with van der Waals surface area (Å²) >= 11 is 0. The van der Waals surface area contributed by atoms with Gasteiger partial charge in [-0.3, -0.25) is 4.90 Å². The first kappa shape index (κ1) is 14.9. The van der Waals surface area contributed by atoms with Crippen molar-refractivity contribution < 1.29 is 4.74 Å². The number of para-hydroxylation sites is 1. The lowest BCUT2D eigenvalue weighted by molar-refractivity contribution is 0.152. The van der Waals surface area contributed by atoms with Crippen LogP contribution in [0, 0.1) is 0 Å². The number of rotatable bonds is 3. The quantitative estimate of drug-likeness (QED) is 0.859. The van der Waals surface area contributed by atoms with Gasteiger partial charge in [0, 0.05) is 38.4 Å². The van der Waals surface area contributed by atoms with Gasteiger partial charge in [0.2, 0.25) is 0 Å². The van der Waals surface area contributed by atoms with E-state index in [2.05, 4.69) is 73.3 Å². The molecular formula is C19H24N2O. The van der Waals surface area contributed by atoms with Crippen LogP contribution in [0.2, 0.25) is 0 Å². The summed E-state index contributed by atoms with van der Waals surface area (Å²) in [4.78, 5) is 4.56. The number of hydrogen-bond donors (Lipinski definition) is 0. The highest BCUT2D eigenvalue weighted by atomic mass is 16.5. The van der Waals surface area contributed by atoms with Crippen LogP contribution in [0.3, 0.4) is 0 Å². The summed E-state index contributed by atoms with van der Waals surface area (Å²) in [7, 11) is 4.12. The summed E-state index contributed by atoms with van der Waals surface area (Å²) in [6.07, 6.45) is 0.0832. The minimum atomic E-state index is 0.0832. The molecule has 22 heavy (non-hydrogen) atoms. The highest BCUT2D eigenvalue weighted by Crippen LogP contribution is 2.31. The first-order valence-electron chi connectivity index (χ1n) is 7.91. The van der Waals surface area contributed by atoms with Crippen molar-refractivity contribution in [1.29, 1.82) is 0 Å². The lowest BCUT2D eigenvalue weighted by Gasteiger charge is -2.23. The smallest absolute Gasteiger partial charge is 0.136 e. The maximum atomic E-state index is 6.32. The molecule has 0 N–H and O–H groups in total. The van der Waals surface area contributed by atoms with Gasteiger partial charge in [-0.25, -0.2) is 0 Å². The SMILES string of the molecule is CCN1Cc2ccccc2OC(c2ccc(N(C)C)cc2)C1. The van der Waals surface area contributed by atoms with Crippen molar-refractivity contribution in [2.24, 2.45) is 0 Å². The van der Waals surface area contributed by atoms with Crippen molar-refractivity contribution in [3.8, 4) is 5.75 Å². The molecule has 0 saturated carbocycles. The number of benzene rings is 2. The van der Waals surface area contributed by atoms with E-state index in [1.807, 2.05) is 6.07 Å². The highest BCUT2D eigenvalue weighted by molar-refractivity contribution is 5.46. The van der Waals surface area contributed by atoms with Crippen molar-refractivity contribution in [1.82, 2.24) is 4.90 Å². The third-order valence-electron chi connectivity index (χ3n) is 4.29. The molecule has 1 aliphatic heterocycles. The van der Waals surface area contributed by atoms with Crippen LogP contribution < -0.4 is 9.64 Å². The molecule has 0 saturated heterocycles. The molecule has 0 radical (unpaired) electrons. The fourth-order valence-electron chi connectivity index (χ4n) is 2.88. The van der Waals surface area contributed by atoms with Crippen LogP contribution in [-0.4, -0.2) is 32.1 Å². The van der Waals surface area contributed by atoms with Crippen LogP contribution in [0.4, 0.5) is 5.69 Å². The highest BCUT2D eigenvalue weighted by Gasteiger charge is 2.23. The topological polar surface area (TPSA) is 15.7 Å². The second kappa shape index (κ2) is 6.41. The summed E-state index contributed by atoms with van der Waals surface area (Å²) in [5, 5.41) is 0. The Morgan fingerprint density at radius 3 is 2.50 bits per heavy atom. The Balaban J connectivity index is 1.89. The fourth-order valence-corrected chi connectivity index (χ4v) is 2.88. The molecule has 1 heterocycles. The standard InChI is InChI=1S/C19H24N2O/c1-4-21-13-16-7-5-6-8-18(16)22-19(14-21)15-9-11-17(12-10-15)20(2)3/h5-12,19H,4,13-14H2,1-3H3. The van der Waals surface area contributed by atoms with Crippen molar-refractivity contribution in [2.75, 3.05) is 32.1 Å². The van der Waals surface area contributed by atoms with Crippen LogP contribution in [0.25, 0.3) is 0 Å². The maximum Gasteiger partial charge on any atom is 0.136 e. The van der Waals surface area contributed by atoms with Gasteiger partial charge in [-0.15, -0.1) is 0 Å². The predicted molar refractivity (Wildman–Crippen MR) is 91.5 cm³/mol. The third kappa shape index (κ3) is 3.09. The van der Waals surface area contributed by atoms with Gasteiger partial charge >= 0.3 is 0 Å². The third-order valence-corrected chi connectivity index (χ3v) is 4.29. The van der Waals surface area contributed by atoms with E-state index in [4.69, 9.17) is 4.74 Å². The van der Waals surface area contributed by atoms with Gasteiger partial charge in [0.05, 0.1) is 0 Å². The first-order chi connectivity index (χ1) is 10.7. The lowest BCUT2D eigenvalue weighted by Crippen LogP contribution is -2.27. The van der Waals surface area contributed by atoms with E-state index in [1.54, 1.807) is 0 Å². The Morgan fingerprint density at radius 2 is 1.82 bits per heavy atom. The van der Waals surface area contributed by atoms with E-state index in [0.717, 1.165) is 25.4 Å². The Kier molecular flexibility index (Phi) is 4.34. The molecule has 0 amide bonds. The normalized spacial score (nSPS) is 18.2. The molecule has 3 heteroatoms. The van der Waals surface area contributed by atoms with Gasteiger partial charge in [0.25, 0.3) is 0 Å². The van der Waals surface area contributed by atoms with E-state index in [0.29, 0.717) is 0 Å².